The molecular weight excluding hydrogens is 263 g/mol. The Bertz CT molecular complexity index is 497. The first kappa shape index (κ1) is 13.5. The minimum Gasteiger partial charge on any atom is -0.348 e. The van der Waals surface area contributed by atoms with Gasteiger partial charge in [0.15, 0.2) is 0 Å². The minimum atomic E-state index is -5.26. The first-order valence-corrected chi connectivity index (χ1v) is 5.56. The van der Waals surface area contributed by atoms with E-state index in [9.17, 15) is 26.4 Å². The lowest BCUT2D eigenvalue weighted by Crippen LogP contribution is -2.34. The van der Waals surface area contributed by atoms with Crippen LogP contribution in [-0.4, -0.2) is 20.6 Å². The molecule has 0 aliphatic carbocycles. The van der Waals surface area contributed by atoms with Gasteiger partial charge in [0, 0.05) is 0 Å². The van der Waals surface area contributed by atoms with Crippen LogP contribution in [0, 0.1) is 0 Å². The van der Waals surface area contributed by atoms with Crippen LogP contribution in [0.5, 0.6) is 0 Å². The van der Waals surface area contributed by atoms with Gasteiger partial charge in [-0.05, 0) is 17.0 Å². The number of benzene rings is 1. The summed E-state index contributed by atoms with van der Waals surface area (Å²) >= 11 is 0. The second kappa shape index (κ2) is 4.72. The smallest absolute Gasteiger partial charge is 0.348 e. The van der Waals surface area contributed by atoms with Crippen molar-refractivity contribution in [2.45, 2.75) is 11.1 Å². The van der Waals surface area contributed by atoms with Gasteiger partial charge in [-0.15, -0.1) is 0 Å². The fourth-order valence-electron chi connectivity index (χ4n) is 0.798. The zero-order chi connectivity index (χ0) is 13.1. The molecule has 1 aromatic rings. The Hall–Kier alpha value is -1.61. The average molecular weight is 269 g/mol. The summed E-state index contributed by atoms with van der Waals surface area (Å²) in [6.07, 6.45) is -5.26. The molecule has 94 valence electrons. The van der Waals surface area contributed by atoms with Gasteiger partial charge in [-0.2, -0.15) is 13.2 Å². The molecule has 0 saturated carbocycles. The maximum atomic E-state index is 11.7. The molecule has 0 spiro atoms. The number of sulfonamides is 1. The number of rotatable bonds is 3. The molecule has 5 nitrogen and oxygen atoms in total. The van der Waals surface area contributed by atoms with Crippen LogP contribution >= 0.6 is 0 Å². The van der Waals surface area contributed by atoms with E-state index in [4.69, 9.17) is 0 Å². The van der Waals surface area contributed by atoms with Crippen molar-refractivity contribution >= 4 is 16.0 Å². The molecule has 0 unspecified atom stereocenters. The summed E-state index contributed by atoms with van der Waals surface area (Å²) in [6, 6.07) is 6.49. The van der Waals surface area contributed by atoms with Gasteiger partial charge in [-0.3, -0.25) is 0 Å². The topological polar surface area (TPSA) is 72.5 Å². The van der Waals surface area contributed by atoms with Crippen LogP contribution < -0.4 is 4.89 Å². The third kappa shape index (κ3) is 3.71. The van der Waals surface area contributed by atoms with E-state index in [0.717, 1.165) is 17.0 Å². The van der Waals surface area contributed by atoms with Gasteiger partial charge >= 0.3 is 12.1 Å². The van der Waals surface area contributed by atoms with Crippen molar-refractivity contribution in [1.29, 1.82) is 0 Å². The van der Waals surface area contributed by atoms with Crippen molar-refractivity contribution < 1.29 is 31.2 Å². The summed E-state index contributed by atoms with van der Waals surface area (Å²) in [7, 11) is -4.31. The average Bonchev–Trinajstić information content (AvgIpc) is 2.26. The van der Waals surface area contributed by atoms with Crippen molar-refractivity contribution in [3.8, 4) is 0 Å². The largest absolute Gasteiger partial charge is 0.492 e. The number of carbonyl (C=O) groups excluding carboxylic acids is 1. The number of hydrogen-bond donors (Lipinski definition) is 1. The van der Waals surface area contributed by atoms with Gasteiger partial charge in [0.25, 0.3) is 10.0 Å². The molecule has 0 saturated heterocycles. The van der Waals surface area contributed by atoms with Gasteiger partial charge in [0.1, 0.15) is 0 Å². The van der Waals surface area contributed by atoms with Crippen molar-refractivity contribution in [2.24, 2.45) is 0 Å². The fourth-order valence-corrected chi connectivity index (χ4v) is 1.60. The van der Waals surface area contributed by atoms with Crippen LogP contribution in [0.15, 0.2) is 35.2 Å². The number of nitrogens with one attached hydrogen (secondary N) is 1. The zero-order valence-corrected chi connectivity index (χ0v) is 8.88. The van der Waals surface area contributed by atoms with E-state index in [1.54, 1.807) is 0 Å². The predicted molar refractivity (Wildman–Crippen MR) is 48.9 cm³/mol. The molecule has 0 heterocycles. The molecule has 1 rings (SSSR count). The predicted octanol–water partition coefficient (Wildman–Crippen LogP) is 0.985. The highest BCUT2D eigenvalue weighted by Gasteiger charge is 2.42. The molecule has 0 aliphatic rings. The van der Waals surface area contributed by atoms with Crippen LogP contribution in [-0.2, 0) is 19.7 Å². The molecule has 0 radical (unpaired) electrons. The van der Waals surface area contributed by atoms with Gasteiger partial charge in [0.2, 0.25) is 0 Å². The molecule has 0 aromatic heterocycles. The zero-order valence-electron chi connectivity index (χ0n) is 8.06. The summed E-state index contributed by atoms with van der Waals surface area (Å²) in [5.41, 5.74) is 0. The monoisotopic (exact) mass is 269 g/mol. The normalized spacial score (nSPS) is 12.2. The maximum absolute atomic E-state index is 11.7. The Morgan fingerprint density at radius 1 is 1.18 bits per heavy atom. The number of carbonyl (C=O) groups is 1. The fraction of sp³-hybridized carbons (Fsp3) is 0.125. The molecule has 0 bridgehead atoms. The Morgan fingerprint density at radius 2 is 1.71 bits per heavy atom. The third-order valence-electron chi connectivity index (χ3n) is 1.53. The first-order chi connectivity index (χ1) is 7.73. The van der Waals surface area contributed by atoms with Crippen LogP contribution in [0.2, 0.25) is 0 Å². The molecule has 0 amide bonds. The number of alkyl halides is 3. The summed E-state index contributed by atoms with van der Waals surface area (Å²) < 4.78 is 57.8. The third-order valence-corrected chi connectivity index (χ3v) is 2.72. The molecule has 17 heavy (non-hydrogen) atoms. The Labute approximate surface area is 94.2 Å². The van der Waals surface area contributed by atoms with E-state index >= 15 is 0 Å². The summed E-state index contributed by atoms with van der Waals surface area (Å²) in [6.45, 7) is 0. The Kier molecular flexibility index (Phi) is 3.73. The standard InChI is InChI=1S/C8H6F3NO4S/c9-8(10,11)7(13)16-12-17(14,15)6-4-2-1-3-5-6/h1-5,12H. The Balaban J connectivity index is 2.74. The van der Waals surface area contributed by atoms with E-state index in [1.165, 1.54) is 18.2 Å². The highest BCUT2D eigenvalue weighted by molar-refractivity contribution is 7.89. The van der Waals surface area contributed by atoms with Crippen LogP contribution in [0.1, 0.15) is 0 Å². The molecule has 0 aliphatic heterocycles. The van der Waals surface area contributed by atoms with Crippen LogP contribution in [0.4, 0.5) is 13.2 Å². The van der Waals surface area contributed by atoms with E-state index in [2.05, 4.69) is 4.84 Å². The number of hydrogen-bond acceptors (Lipinski definition) is 4. The van der Waals surface area contributed by atoms with E-state index in [0.29, 0.717) is 0 Å². The lowest BCUT2D eigenvalue weighted by Gasteiger charge is -2.08. The van der Waals surface area contributed by atoms with Crippen molar-refractivity contribution in [3.63, 3.8) is 0 Å². The lowest BCUT2D eigenvalue weighted by atomic mass is 10.4. The van der Waals surface area contributed by atoms with Gasteiger partial charge < -0.3 is 4.84 Å². The maximum Gasteiger partial charge on any atom is 0.492 e. The molecule has 0 fully saturated rings. The molecule has 9 heteroatoms. The lowest BCUT2D eigenvalue weighted by molar-refractivity contribution is -0.203. The minimum absolute atomic E-state index is 0.324. The highest BCUT2D eigenvalue weighted by atomic mass is 32.2. The highest BCUT2D eigenvalue weighted by Crippen LogP contribution is 2.16. The Morgan fingerprint density at radius 3 is 2.18 bits per heavy atom. The summed E-state index contributed by atoms with van der Waals surface area (Å²) in [4.78, 5) is 14.5. The molecule has 1 aromatic carbocycles. The van der Waals surface area contributed by atoms with Crippen molar-refractivity contribution in [3.05, 3.63) is 30.3 Å². The molecule has 1 N–H and O–H groups in total. The van der Waals surface area contributed by atoms with Gasteiger partial charge in [0.05, 0.1) is 4.90 Å². The SMILES string of the molecule is O=C(ONS(=O)(=O)c1ccccc1)C(F)(F)F. The van der Waals surface area contributed by atoms with E-state index < -0.39 is 22.2 Å². The van der Waals surface area contributed by atoms with E-state index in [-0.39, 0.29) is 4.90 Å². The molecular formula is C8H6F3NO4S. The number of halogens is 3. The quantitative estimate of drug-likeness (QED) is 0.830. The second-order valence-corrected chi connectivity index (χ2v) is 4.43. The van der Waals surface area contributed by atoms with Crippen molar-refractivity contribution in [1.82, 2.24) is 4.89 Å². The summed E-state index contributed by atoms with van der Waals surface area (Å²) in [5, 5.41) is 0. The first-order valence-electron chi connectivity index (χ1n) is 4.08. The molecule has 0 atom stereocenters. The van der Waals surface area contributed by atoms with Crippen molar-refractivity contribution in [2.75, 3.05) is 0 Å². The van der Waals surface area contributed by atoms with Crippen LogP contribution in [0.3, 0.4) is 0 Å². The van der Waals surface area contributed by atoms with Gasteiger partial charge in [-0.25, -0.2) is 13.2 Å². The van der Waals surface area contributed by atoms with Gasteiger partial charge in [-0.1, -0.05) is 18.2 Å². The van der Waals surface area contributed by atoms with Crippen LogP contribution in [0.25, 0.3) is 0 Å². The van der Waals surface area contributed by atoms with E-state index in [1.807, 2.05) is 0 Å². The summed E-state index contributed by atoms with van der Waals surface area (Å²) in [5.74, 6) is -2.64. The second-order valence-electron chi connectivity index (χ2n) is 2.79.